The highest BCUT2D eigenvalue weighted by atomic mass is 35.5. The van der Waals surface area contributed by atoms with Crippen LogP contribution in [0.1, 0.15) is 17.0 Å². The van der Waals surface area contributed by atoms with Gasteiger partial charge in [-0.1, -0.05) is 11.6 Å². The summed E-state index contributed by atoms with van der Waals surface area (Å²) in [5, 5.41) is 15.9. The molecule has 2 rings (SSSR count). The second-order valence-corrected chi connectivity index (χ2v) is 4.81. The summed E-state index contributed by atoms with van der Waals surface area (Å²) in [5.74, 6) is -0.868. The summed E-state index contributed by atoms with van der Waals surface area (Å²) >= 11 is 7.13. The van der Waals surface area contributed by atoms with Crippen molar-refractivity contribution in [2.24, 2.45) is 0 Å². The van der Waals surface area contributed by atoms with E-state index in [-0.39, 0.29) is 6.42 Å². The average molecular weight is 272 g/mol. The van der Waals surface area contributed by atoms with E-state index in [1.54, 1.807) is 17.0 Å². The Morgan fingerprint density at radius 3 is 2.82 bits per heavy atom. The molecular weight excluding hydrogens is 262 g/mol. The minimum absolute atomic E-state index is 0.0310. The standard InChI is InChI=1S/C10H10ClN3O2S/c1-5-7(3-9(15)16)6(2)14(13-5)10-12-8(11)4-17-10/h4H,3H2,1-2H3,(H,15,16). The third kappa shape index (κ3) is 2.32. The van der Waals surface area contributed by atoms with Gasteiger partial charge >= 0.3 is 5.97 Å². The van der Waals surface area contributed by atoms with Gasteiger partial charge in [-0.3, -0.25) is 4.79 Å². The van der Waals surface area contributed by atoms with Gasteiger partial charge in [-0.2, -0.15) is 5.10 Å². The number of carboxylic acid groups (broad SMARTS) is 1. The van der Waals surface area contributed by atoms with Crippen LogP contribution in [0, 0.1) is 13.8 Å². The Kier molecular flexibility index (Phi) is 3.17. The molecule has 1 N–H and O–H groups in total. The zero-order chi connectivity index (χ0) is 12.6. The highest BCUT2D eigenvalue weighted by Gasteiger charge is 2.16. The fourth-order valence-electron chi connectivity index (χ4n) is 1.61. The van der Waals surface area contributed by atoms with Gasteiger partial charge in [0, 0.05) is 16.6 Å². The van der Waals surface area contributed by atoms with Gasteiger partial charge in [-0.25, -0.2) is 9.67 Å². The molecule has 90 valence electrons. The van der Waals surface area contributed by atoms with E-state index in [1.807, 2.05) is 6.92 Å². The van der Waals surface area contributed by atoms with Gasteiger partial charge < -0.3 is 5.11 Å². The lowest BCUT2D eigenvalue weighted by atomic mass is 10.1. The number of aromatic nitrogens is 3. The molecule has 0 atom stereocenters. The van der Waals surface area contributed by atoms with Crippen LogP contribution >= 0.6 is 22.9 Å². The minimum atomic E-state index is -0.868. The molecule has 0 amide bonds. The van der Waals surface area contributed by atoms with Crippen LogP contribution in [0.15, 0.2) is 5.38 Å². The third-order valence-electron chi connectivity index (χ3n) is 2.41. The molecule has 17 heavy (non-hydrogen) atoms. The van der Waals surface area contributed by atoms with Gasteiger partial charge in [0.05, 0.1) is 12.1 Å². The summed E-state index contributed by atoms with van der Waals surface area (Å²) in [6.45, 7) is 3.62. The highest BCUT2D eigenvalue weighted by molar-refractivity contribution is 7.12. The van der Waals surface area contributed by atoms with Crippen LogP contribution in [0.25, 0.3) is 5.13 Å². The zero-order valence-corrected chi connectivity index (χ0v) is 10.8. The molecule has 0 aliphatic heterocycles. The van der Waals surface area contributed by atoms with Crippen LogP contribution in [0.5, 0.6) is 0 Å². The molecule has 0 spiro atoms. The molecule has 0 fully saturated rings. The maximum absolute atomic E-state index is 10.8. The van der Waals surface area contributed by atoms with Gasteiger partial charge in [0.25, 0.3) is 0 Å². The first-order valence-corrected chi connectivity index (χ1v) is 6.13. The monoisotopic (exact) mass is 271 g/mol. The molecule has 0 aliphatic rings. The second kappa shape index (κ2) is 4.46. The molecule has 5 nitrogen and oxygen atoms in total. The second-order valence-electron chi connectivity index (χ2n) is 3.58. The summed E-state index contributed by atoms with van der Waals surface area (Å²) < 4.78 is 1.63. The number of thiazole rings is 1. The van der Waals surface area contributed by atoms with E-state index in [1.165, 1.54) is 11.3 Å². The lowest BCUT2D eigenvalue weighted by Crippen LogP contribution is -2.03. The number of carboxylic acids is 1. The molecule has 2 aromatic rings. The number of halogens is 1. The van der Waals surface area contributed by atoms with Crippen LogP contribution in [0.4, 0.5) is 0 Å². The largest absolute Gasteiger partial charge is 0.481 e. The molecule has 0 saturated carbocycles. The van der Waals surface area contributed by atoms with Gasteiger partial charge in [-0.15, -0.1) is 11.3 Å². The average Bonchev–Trinajstić information content (AvgIpc) is 2.76. The molecular formula is C10H10ClN3O2S. The van der Waals surface area contributed by atoms with E-state index >= 15 is 0 Å². The smallest absolute Gasteiger partial charge is 0.307 e. The van der Waals surface area contributed by atoms with Gasteiger partial charge in [0.1, 0.15) is 5.15 Å². The number of aryl methyl sites for hydroxylation is 1. The molecule has 0 aliphatic carbocycles. The van der Waals surface area contributed by atoms with E-state index in [4.69, 9.17) is 16.7 Å². The molecule has 0 unspecified atom stereocenters. The number of carbonyl (C=O) groups is 1. The zero-order valence-electron chi connectivity index (χ0n) is 9.27. The Morgan fingerprint density at radius 1 is 1.59 bits per heavy atom. The number of nitrogens with zero attached hydrogens (tertiary/aromatic N) is 3. The third-order valence-corrected chi connectivity index (χ3v) is 3.55. The lowest BCUT2D eigenvalue weighted by Gasteiger charge is -1.99. The maximum atomic E-state index is 10.8. The lowest BCUT2D eigenvalue weighted by molar-refractivity contribution is -0.136. The van der Waals surface area contributed by atoms with Crippen LogP contribution in [0.2, 0.25) is 5.15 Å². The Hall–Kier alpha value is -1.40. The van der Waals surface area contributed by atoms with Crippen molar-refractivity contribution in [1.29, 1.82) is 0 Å². The Labute approximate surface area is 107 Å². The van der Waals surface area contributed by atoms with Crippen LogP contribution in [0.3, 0.4) is 0 Å². The first kappa shape index (κ1) is 12.1. The SMILES string of the molecule is Cc1nn(-c2nc(Cl)cs2)c(C)c1CC(=O)O. The fraction of sp³-hybridized carbons (Fsp3) is 0.300. The van der Waals surface area contributed by atoms with Gasteiger partial charge in [0.2, 0.25) is 5.13 Å². The Morgan fingerprint density at radius 2 is 2.29 bits per heavy atom. The summed E-state index contributed by atoms with van der Waals surface area (Å²) in [6, 6.07) is 0. The Balaban J connectivity index is 2.47. The van der Waals surface area contributed by atoms with Crippen molar-refractivity contribution < 1.29 is 9.90 Å². The van der Waals surface area contributed by atoms with E-state index in [2.05, 4.69) is 10.1 Å². The minimum Gasteiger partial charge on any atom is -0.481 e. The van der Waals surface area contributed by atoms with Crippen molar-refractivity contribution in [1.82, 2.24) is 14.8 Å². The van der Waals surface area contributed by atoms with Crippen molar-refractivity contribution in [3.05, 3.63) is 27.5 Å². The first-order chi connectivity index (χ1) is 7.99. The fourth-order valence-corrected chi connectivity index (χ4v) is 2.56. The van der Waals surface area contributed by atoms with Crippen molar-refractivity contribution in [3.63, 3.8) is 0 Å². The predicted molar refractivity (Wildman–Crippen MR) is 65.1 cm³/mol. The molecule has 0 bridgehead atoms. The van der Waals surface area contributed by atoms with Crippen molar-refractivity contribution >= 4 is 28.9 Å². The van der Waals surface area contributed by atoms with Gasteiger partial charge in [-0.05, 0) is 13.8 Å². The maximum Gasteiger partial charge on any atom is 0.307 e. The summed E-state index contributed by atoms with van der Waals surface area (Å²) in [5.41, 5.74) is 2.22. The number of hydrogen-bond donors (Lipinski definition) is 1. The first-order valence-electron chi connectivity index (χ1n) is 4.87. The van der Waals surface area contributed by atoms with Crippen molar-refractivity contribution in [3.8, 4) is 5.13 Å². The van der Waals surface area contributed by atoms with Gasteiger partial charge in [0.15, 0.2) is 0 Å². The molecule has 0 radical (unpaired) electrons. The molecule has 0 aromatic carbocycles. The predicted octanol–water partition coefficient (Wildman–Crippen LogP) is 2.23. The number of rotatable bonds is 3. The number of aliphatic carboxylic acids is 1. The number of hydrogen-bond acceptors (Lipinski definition) is 4. The summed E-state index contributed by atoms with van der Waals surface area (Å²) in [7, 11) is 0. The van der Waals surface area contributed by atoms with E-state index in [0.29, 0.717) is 16.0 Å². The van der Waals surface area contributed by atoms with E-state index in [9.17, 15) is 4.79 Å². The normalized spacial score (nSPS) is 10.8. The molecule has 2 aromatic heterocycles. The van der Waals surface area contributed by atoms with E-state index < -0.39 is 5.97 Å². The van der Waals surface area contributed by atoms with E-state index in [0.717, 1.165) is 11.3 Å². The Bertz CT molecular complexity index is 576. The van der Waals surface area contributed by atoms with Crippen LogP contribution in [-0.2, 0) is 11.2 Å². The van der Waals surface area contributed by atoms with Crippen LogP contribution in [-0.4, -0.2) is 25.8 Å². The van der Waals surface area contributed by atoms with Crippen molar-refractivity contribution in [2.45, 2.75) is 20.3 Å². The molecule has 0 saturated heterocycles. The highest BCUT2D eigenvalue weighted by Crippen LogP contribution is 2.22. The topological polar surface area (TPSA) is 68.0 Å². The quantitative estimate of drug-likeness (QED) is 0.929. The summed E-state index contributed by atoms with van der Waals surface area (Å²) in [6.07, 6.45) is -0.0310. The summed E-state index contributed by atoms with van der Waals surface area (Å²) in [4.78, 5) is 14.9. The molecule has 7 heteroatoms. The van der Waals surface area contributed by atoms with Crippen molar-refractivity contribution in [2.75, 3.05) is 0 Å². The molecule has 2 heterocycles. The van der Waals surface area contributed by atoms with Crippen LogP contribution < -0.4 is 0 Å².